The molecule has 2 heterocycles. The van der Waals surface area contributed by atoms with E-state index in [9.17, 15) is 4.79 Å². The molecular formula is C13H14O3S. The summed E-state index contributed by atoms with van der Waals surface area (Å²) in [6.07, 6.45) is 0.464. The van der Waals surface area contributed by atoms with Gasteiger partial charge in [0.2, 0.25) is 5.78 Å². The van der Waals surface area contributed by atoms with Crippen LogP contribution in [0.3, 0.4) is 0 Å². The van der Waals surface area contributed by atoms with E-state index in [1.54, 1.807) is 0 Å². The zero-order valence-corrected chi connectivity index (χ0v) is 10.7. The minimum atomic E-state index is -0.674. The van der Waals surface area contributed by atoms with E-state index >= 15 is 0 Å². The van der Waals surface area contributed by atoms with Crippen molar-refractivity contribution < 1.29 is 14.6 Å². The molecule has 2 aliphatic heterocycles. The zero-order chi connectivity index (χ0) is 12.0. The summed E-state index contributed by atoms with van der Waals surface area (Å²) in [6, 6.07) is 5.89. The van der Waals surface area contributed by atoms with Crippen molar-refractivity contribution in [2.45, 2.75) is 36.9 Å². The fraction of sp³-hybridized carbons (Fsp3) is 0.462. The number of carbonyl (C=O) groups excluding carboxylic acids is 1. The molecule has 0 spiro atoms. The summed E-state index contributed by atoms with van der Waals surface area (Å²) in [7, 11) is 0. The van der Waals surface area contributed by atoms with Gasteiger partial charge in [0.05, 0.1) is 0 Å². The van der Waals surface area contributed by atoms with Crippen molar-refractivity contribution >= 4 is 17.5 Å². The summed E-state index contributed by atoms with van der Waals surface area (Å²) in [5.41, 5.74) is 2.09. The normalized spacial score (nSPS) is 22.0. The molecule has 0 bridgehead atoms. The number of carbonyl (C=O) groups is 1. The minimum Gasteiger partial charge on any atom is -0.288 e. The lowest BCUT2D eigenvalue weighted by molar-refractivity contribution is 0.0850. The third-order valence-corrected chi connectivity index (χ3v) is 4.46. The molecule has 0 N–H and O–H groups in total. The molecule has 0 aliphatic carbocycles. The summed E-state index contributed by atoms with van der Waals surface area (Å²) in [6.45, 7) is 4.45. The Kier molecular flexibility index (Phi) is 2.54. The second kappa shape index (κ2) is 3.83. The first kappa shape index (κ1) is 11.3. The van der Waals surface area contributed by atoms with Crippen molar-refractivity contribution in [2.24, 2.45) is 0 Å². The SMILES string of the molecule is CC1(C)CCSc2ccc(C(=O)C3OO3)cc21. The van der Waals surface area contributed by atoms with E-state index in [2.05, 4.69) is 23.6 Å². The van der Waals surface area contributed by atoms with Crippen LogP contribution in [0.1, 0.15) is 36.2 Å². The summed E-state index contributed by atoms with van der Waals surface area (Å²) in [5.74, 6) is 1.06. The number of hydrogen-bond acceptors (Lipinski definition) is 4. The number of Topliss-reactive ketones (excluding diaryl/α,β-unsaturated/α-hetero) is 1. The number of hydrogen-bond donors (Lipinski definition) is 0. The summed E-state index contributed by atoms with van der Waals surface area (Å²) >= 11 is 1.86. The second-order valence-corrected chi connectivity index (χ2v) is 6.22. The van der Waals surface area contributed by atoms with Crippen LogP contribution in [0.2, 0.25) is 0 Å². The third-order valence-electron chi connectivity index (χ3n) is 3.38. The second-order valence-electron chi connectivity index (χ2n) is 5.08. The lowest BCUT2D eigenvalue weighted by atomic mass is 9.81. The lowest BCUT2D eigenvalue weighted by Crippen LogP contribution is -2.23. The fourth-order valence-corrected chi connectivity index (χ4v) is 3.63. The van der Waals surface area contributed by atoms with Gasteiger partial charge in [-0.2, -0.15) is 9.78 Å². The third kappa shape index (κ3) is 2.01. The molecule has 90 valence electrons. The predicted octanol–water partition coefficient (Wildman–Crippen LogP) is 2.93. The maximum Gasteiger partial charge on any atom is 0.286 e. The molecule has 1 fully saturated rings. The van der Waals surface area contributed by atoms with Gasteiger partial charge in [-0.1, -0.05) is 19.9 Å². The monoisotopic (exact) mass is 250 g/mol. The Labute approximate surface area is 104 Å². The highest BCUT2D eigenvalue weighted by Gasteiger charge is 2.37. The summed E-state index contributed by atoms with van der Waals surface area (Å²) in [4.78, 5) is 22.3. The van der Waals surface area contributed by atoms with Gasteiger partial charge in [-0.25, -0.2) is 0 Å². The van der Waals surface area contributed by atoms with Crippen LogP contribution in [0, 0.1) is 0 Å². The van der Waals surface area contributed by atoms with Crippen molar-refractivity contribution in [3.8, 4) is 0 Å². The van der Waals surface area contributed by atoms with E-state index in [1.807, 2.05) is 30.0 Å². The standard InChI is InChI=1S/C13H14O3S/c1-13(2)5-6-17-10-4-3-8(7-9(10)13)11(14)12-15-16-12/h3-4,7,12H,5-6H2,1-2H3. The fourth-order valence-electron chi connectivity index (χ4n) is 2.14. The van der Waals surface area contributed by atoms with Gasteiger partial charge in [-0.05, 0) is 35.3 Å². The van der Waals surface area contributed by atoms with Gasteiger partial charge < -0.3 is 0 Å². The number of benzene rings is 1. The molecule has 17 heavy (non-hydrogen) atoms. The van der Waals surface area contributed by atoms with Crippen molar-refractivity contribution in [1.82, 2.24) is 0 Å². The molecule has 0 saturated carbocycles. The van der Waals surface area contributed by atoms with Crippen LogP contribution in [-0.4, -0.2) is 17.8 Å². The lowest BCUT2D eigenvalue weighted by Gasteiger charge is -2.32. The predicted molar refractivity (Wildman–Crippen MR) is 65.1 cm³/mol. The summed E-state index contributed by atoms with van der Waals surface area (Å²) in [5, 5.41) is 0. The van der Waals surface area contributed by atoms with Crippen molar-refractivity contribution in [3.05, 3.63) is 29.3 Å². The highest BCUT2D eigenvalue weighted by Crippen LogP contribution is 2.42. The Balaban J connectivity index is 2.01. The number of fused-ring (bicyclic) bond motifs is 1. The molecule has 1 saturated heterocycles. The van der Waals surface area contributed by atoms with Crippen LogP contribution >= 0.6 is 11.8 Å². The Morgan fingerprint density at radius 1 is 1.41 bits per heavy atom. The molecule has 1 aromatic carbocycles. The molecule has 0 atom stereocenters. The van der Waals surface area contributed by atoms with Gasteiger partial charge in [0, 0.05) is 10.5 Å². The Morgan fingerprint density at radius 2 is 2.18 bits per heavy atom. The Hall–Kier alpha value is -0.840. The average Bonchev–Trinajstić information content (AvgIpc) is 3.11. The van der Waals surface area contributed by atoms with Gasteiger partial charge in [0.25, 0.3) is 6.29 Å². The van der Waals surface area contributed by atoms with E-state index < -0.39 is 6.29 Å². The van der Waals surface area contributed by atoms with Gasteiger partial charge in [0.1, 0.15) is 0 Å². The molecule has 3 nitrogen and oxygen atoms in total. The first-order valence-corrected chi connectivity index (χ1v) is 6.70. The highest BCUT2D eigenvalue weighted by atomic mass is 32.2. The topological polar surface area (TPSA) is 42.1 Å². The van der Waals surface area contributed by atoms with Gasteiger partial charge in [0.15, 0.2) is 0 Å². The quantitative estimate of drug-likeness (QED) is 0.460. The van der Waals surface area contributed by atoms with Crippen molar-refractivity contribution in [2.75, 3.05) is 5.75 Å². The highest BCUT2D eigenvalue weighted by molar-refractivity contribution is 7.99. The van der Waals surface area contributed by atoms with Crippen molar-refractivity contribution in [3.63, 3.8) is 0 Å². The smallest absolute Gasteiger partial charge is 0.286 e. The molecule has 0 unspecified atom stereocenters. The number of thioether (sulfide) groups is 1. The van der Waals surface area contributed by atoms with E-state index in [-0.39, 0.29) is 11.2 Å². The van der Waals surface area contributed by atoms with Crippen molar-refractivity contribution in [1.29, 1.82) is 0 Å². The van der Waals surface area contributed by atoms with E-state index in [0.29, 0.717) is 5.56 Å². The van der Waals surface area contributed by atoms with Crippen LogP contribution in [0.15, 0.2) is 23.1 Å². The Bertz CT molecular complexity index is 478. The molecular weight excluding hydrogens is 236 g/mol. The average molecular weight is 250 g/mol. The first-order chi connectivity index (χ1) is 8.08. The molecule has 0 radical (unpaired) electrons. The van der Waals surface area contributed by atoms with E-state index in [4.69, 9.17) is 0 Å². The maximum absolute atomic E-state index is 11.8. The molecule has 3 rings (SSSR count). The molecule has 2 aliphatic rings. The molecule has 4 heteroatoms. The Morgan fingerprint density at radius 3 is 2.88 bits per heavy atom. The largest absolute Gasteiger partial charge is 0.288 e. The maximum atomic E-state index is 11.8. The summed E-state index contributed by atoms with van der Waals surface area (Å²) < 4.78 is 0. The van der Waals surface area contributed by atoms with Crippen LogP contribution in [0.5, 0.6) is 0 Å². The van der Waals surface area contributed by atoms with Gasteiger partial charge in [-0.15, -0.1) is 11.8 Å². The van der Waals surface area contributed by atoms with Gasteiger partial charge >= 0.3 is 0 Å². The van der Waals surface area contributed by atoms with E-state index in [0.717, 1.165) is 12.2 Å². The van der Waals surface area contributed by atoms with Crippen LogP contribution in [0.4, 0.5) is 0 Å². The van der Waals surface area contributed by atoms with Crippen LogP contribution in [0.25, 0.3) is 0 Å². The molecule has 0 aromatic heterocycles. The zero-order valence-electron chi connectivity index (χ0n) is 9.86. The minimum absolute atomic E-state index is 0.0841. The number of rotatable bonds is 2. The van der Waals surface area contributed by atoms with Crippen LogP contribution in [-0.2, 0) is 15.2 Å². The van der Waals surface area contributed by atoms with Gasteiger partial charge in [-0.3, -0.25) is 4.79 Å². The first-order valence-electron chi connectivity index (χ1n) is 5.72. The van der Waals surface area contributed by atoms with E-state index in [1.165, 1.54) is 10.5 Å². The number of ketones is 1. The molecule has 1 aromatic rings. The molecule has 0 amide bonds. The van der Waals surface area contributed by atoms with Crippen LogP contribution < -0.4 is 0 Å².